The van der Waals surface area contributed by atoms with E-state index in [2.05, 4.69) is 24.6 Å². The molecule has 0 atom stereocenters. The molecule has 8 heteroatoms. The average molecular weight is 375 g/mol. The van der Waals surface area contributed by atoms with Gasteiger partial charge in [-0.05, 0) is 36.4 Å². The summed E-state index contributed by atoms with van der Waals surface area (Å²) >= 11 is 1.10. The van der Waals surface area contributed by atoms with E-state index in [9.17, 15) is 4.79 Å². The first-order chi connectivity index (χ1) is 13.3. The maximum absolute atomic E-state index is 12.7. The molecule has 0 fully saturated rings. The van der Waals surface area contributed by atoms with Crippen LogP contribution in [0.1, 0.15) is 10.4 Å². The van der Waals surface area contributed by atoms with Crippen molar-refractivity contribution in [2.45, 2.75) is 0 Å². The van der Waals surface area contributed by atoms with Crippen molar-refractivity contribution in [3.05, 3.63) is 78.8 Å². The van der Waals surface area contributed by atoms with Gasteiger partial charge in [-0.25, -0.2) is 4.98 Å². The lowest BCUT2D eigenvalue weighted by molar-refractivity contribution is 0.102. The molecule has 4 aromatic rings. The third-order valence-electron chi connectivity index (χ3n) is 3.54. The van der Waals surface area contributed by atoms with E-state index < -0.39 is 0 Å². The average Bonchev–Trinajstić information content (AvgIpc) is 3.18. The van der Waals surface area contributed by atoms with Gasteiger partial charge in [0.1, 0.15) is 11.3 Å². The van der Waals surface area contributed by atoms with Gasteiger partial charge >= 0.3 is 0 Å². The highest BCUT2D eigenvalue weighted by atomic mass is 32.1. The zero-order chi connectivity index (χ0) is 18.5. The van der Waals surface area contributed by atoms with Gasteiger partial charge in [-0.1, -0.05) is 18.2 Å². The van der Waals surface area contributed by atoms with Crippen LogP contribution in [0.25, 0.3) is 11.4 Å². The number of rotatable bonds is 5. The SMILES string of the molecule is O=C(Nc1nc(-c2cccnc2)ns1)c1cccnc1Oc1ccccc1. The lowest BCUT2D eigenvalue weighted by Gasteiger charge is -2.09. The second kappa shape index (κ2) is 7.71. The van der Waals surface area contributed by atoms with E-state index in [0.29, 0.717) is 22.3 Å². The summed E-state index contributed by atoms with van der Waals surface area (Å²) in [7, 11) is 0. The van der Waals surface area contributed by atoms with E-state index in [-0.39, 0.29) is 11.8 Å². The second-order valence-corrected chi connectivity index (χ2v) is 6.14. The molecule has 27 heavy (non-hydrogen) atoms. The van der Waals surface area contributed by atoms with E-state index in [1.807, 2.05) is 24.3 Å². The molecule has 0 aliphatic carbocycles. The number of carbonyl (C=O) groups excluding carboxylic acids is 1. The molecule has 0 aliphatic rings. The van der Waals surface area contributed by atoms with Crippen LogP contribution in [-0.2, 0) is 0 Å². The van der Waals surface area contributed by atoms with Crippen LogP contribution in [0.2, 0.25) is 0 Å². The van der Waals surface area contributed by atoms with Crippen molar-refractivity contribution in [2.75, 3.05) is 5.32 Å². The molecule has 0 aliphatic heterocycles. The van der Waals surface area contributed by atoms with Gasteiger partial charge in [0.2, 0.25) is 11.0 Å². The number of hydrogen-bond acceptors (Lipinski definition) is 7. The number of anilines is 1. The minimum Gasteiger partial charge on any atom is -0.438 e. The van der Waals surface area contributed by atoms with Crippen molar-refractivity contribution in [2.24, 2.45) is 0 Å². The summed E-state index contributed by atoms with van der Waals surface area (Å²) in [5.74, 6) is 0.955. The van der Waals surface area contributed by atoms with E-state index in [1.165, 1.54) is 0 Å². The summed E-state index contributed by atoms with van der Waals surface area (Å²) in [6.07, 6.45) is 4.91. The predicted molar refractivity (Wildman–Crippen MR) is 102 cm³/mol. The molecule has 1 aromatic carbocycles. The molecule has 3 aromatic heterocycles. The summed E-state index contributed by atoms with van der Waals surface area (Å²) in [4.78, 5) is 25.2. The largest absolute Gasteiger partial charge is 0.438 e. The molecule has 0 spiro atoms. The Labute approximate surface area is 158 Å². The van der Waals surface area contributed by atoms with Gasteiger partial charge in [-0.3, -0.25) is 15.1 Å². The van der Waals surface area contributed by atoms with Gasteiger partial charge in [-0.15, -0.1) is 0 Å². The minimum atomic E-state index is -0.372. The minimum absolute atomic E-state index is 0.221. The number of ether oxygens (including phenoxy) is 1. The fourth-order valence-electron chi connectivity index (χ4n) is 2.30. The highest BCUT2D eigenvalue weighted by molar-refractivity contribution is 7.10. The Morgan fingerprint density at radius 3 is 2.67 bits per heavy atom. The maximum atomic E-state index is 12.7. The van der Waals surface area contributed by atoms with E-state index in [0.717, 1.165) is 17.1 Å². The number of nitrogens with zero attached hydrogens (tertiary/aromatic N) is 4. The lowest BCUT2D eigenvalue weighted by atomic mass is 10.2. The van der Waals surface area contributed by atoms with Crippen LogP contribution in [0.15, 0.2) is 73.2 Å². The molecule has 0 radical (unpaired) electrons. The molecule has 0 saturated heterocycles. The zero-order valence-corrected chi connectivity index (χ0v) is 14.8. The predicted octanol–water partition coefficient (Wildman–Crippen LogP) is 4.04. The van der Waals surface area contributed by atoms with Crippen LogP contribution in [0, 0.1) is 0 Å². The number of para-hydroxylation sites is 1. The Morgan fingerprint density at radius 1 is 1.00 bits per heavy atom. The lowest BCUT2D eigenvalue weighted by Crippen LogP contribution is -2.13. The Kier molecular flexibility index (Phi) is 4.80. The van der Waals surface area contributed by atoms with E-state index in [1.54, 1.807) is 48.9 Å². The molecule has 132 valence electrons. The molecule has 1 N–H and O–H groups in total. The normalized spacial score (nSPS) is 10.4. The van der Waals surface area contributed by atoms with Crippen LogP contribution in [0.3, 0.4) is 0 Å². The third-order valence-corrected chi connectivity index (χ3v) is 4.17. The first-order valence-electron chi connectivity index (χ1n) is 8.03. The molecular formula is C19H13N5O2S. The highest BCUT2D eigenvalue weighted by Gasteiger charge is 2.17. The summed E-state index contributed by atoms with van der Waals surface area (Å²) < 4.78 is 9.98. The monoisotopic (exact) mass is 375 g/mol. The van der Waals surface area contributed by atoms with Gasteiger partial charge in [0.25, 0.3) is 5.91 Å². The topological polar surface area (TPSA) is 89.9 Å². The van der Waals surface area contributed by atoms with Crippen LogP contribution in [0.5, 0.6) is 11.6 Å². The van der Waals surface area contributed by atoms with Gasteiger partial charge in [0.05, 0.1) is 0 Å². The number of aromatic nitrogens is 4. The first kappa shape index (κ1) is 16.8. The molecule has 0 unspecified atom stereocenters. The van der Waals surface area contributed by atoms with Crippen LogP contribution in [0.4, 0.5) is 5.13 Å². The highest BCUT2D eigenvalue weighted by Crippen LogP contribution is 2.25. The Morgan fingerprint density at radius 2 is 1.85 bits per heavy atom. The number of amides is 1. The van der Waals surface area contributed by atoms with Crippen molar-refractivity contribution in [1.82, 2.24) is 19.3 Å². The quantitative estimate of drug-likeness (QED) is 0.566. The summed E-state index contributed by atoms with van der Waals surface area (Å²) in [6.45, 7) is 0. The smallest absolute Gasteiger partial charge is 0.262 e. The van der Waals surface area contributed by atoms with Crippen molar-refractivity contribution in [3.63, 3.8) is 0 Å². The van der Waals surface area contributed by atoms with E-state index in [4.69, 9.17) is 4.74 Å². The Balaban J connectivity index is 1.53. The summed E-state index contributed by atoms with van der Waals surface area (Å²) in [5.41, 5.74) is 1.09. The number of pyridine rings is 2. The fraction of sp³-hybridized carbons (Fsp3) is 0. The Bertz CT molecular complexity index is 1050. The van der Waals surface area contributed by atoms with E-state index >= 15 is 0 Å². The molecule has 4 rings (SSSR count). The van der Waals surface area contributed by atoms with Crippen molar-refractivity contribution >= 4 is 22.6 Å². The van der Waals surface area contributed by atoms with Gasteiger partial charge in [0, 0.05) is 35.7 Å². The number of benzene rings is 1. The number of nitrogens with one attached hydrogen (secondary N) is 1. The molecule has 0 saturated carbocycles. The van der Waals surface area contributed by atoms with Gasteiger partial charge in [0.15, 0.2) is 5.82 Å². The molecule has 7 nitrogen and oxygen atoms in total. The third kappa shape index (κ3) is 3.96. The van der Waals surface area contributed by atoms with Crippen molar-refractivity contribution in [1.29, 1.82) is 0 Å². The number of hydrogen-bond donors (Lipinski definition) is 1. The van der Waals surface area contributed by atoms with Crippen molar-refractivity contribution in [3.8, 4) is 23.0 Å². The zero-order valence-electron chi connectivity index (χ0n) is 13.9. The standard InChI is InChI=1S/C19H13N5O2S/c25-17(23-19-22-16(24-27-19)13-6-4-10-20-12-13)15-9-5-11-21-18(15)26-14-7-2-1-3-8-14/h1-12H,(H,22,23,24,25). The molecule has 1 amide bonds. The second-order valence-electron chi connectivity index (χ2n) is 5.39. The fourth-order valence-corrected chi connectivity index (χ4v) is 2.88. The molecule has 0 bridgehead atoms. The maximum Gasteiger partial charge on any atom is 0.262 e. The summed E-state index contributed by atoms with van der Waals surface area (Å²) in [6, 6.07) is 16.1. The van der Waals surface area contributed by atoms with Gasteiger partial charge in [-0.2, -0.15) is 9.36 Å². The summed E-state index contributed by atoms with van der Waals surface area (Å²) in [5, 5.41) is 3.12. The van der Waals surface area contributed by atoms with Crippen molar-refractivity contribution < 1.29 is 9.53 Å². The first-order valence-corrected chi connectivity index (χ1v) is 8.80. The molecule has 3 heterocycles. The Hall–Kier alpha value is -3.65. The number of carbonyl (C=O) groups is 1. The van der Waals surface area contributed by atoms with Crippen LogP contribution in [-0.4, -0.2) is 25.2 Å². The van der Waals surface area contributed by atoms with Crippen LogP contribution >= 0.6 is 11.5 Å². The van der Waals surface area contributed by atoms with Crippen LogP contribution < -0.4 is 10.1 Å². The van der Waals surface area contributed by atoms with Gasteiger partial charge < -0.3 is 4.74 Å². The molecular weight excluding hydrogens is 362 g/mol.